The summed E-state index contributed by atoms with van der Waals surface area (Å²) in [5, 5.41) is 0.396. The van der Waals surface area contributed by atoms with Crippen LogP contribution in [0.3, 0.4) is 0 Å². The summed E-state index contributed by atoms with van der Waals surface area (Å²) in [5.74, 6) is 0.146. The molecule has 1 aromatic heterocycles. The standard InChI is InChI=1S/C16H18FN3O2/c1-18-4-6-20(7-5-18)15-12(17)10-11-13(21)2-3-19-8-9-22-16(15)14(11)19/h2-3,10H,4-9H2,1H3. The highest BCUT2D eigenvalue weighted by Gasteiger charge is 2.27. The highest BCUT2D eigenvalue weighted by molar-refractivity contribution is 5.91. The number of likely N-dealkylation sites (N-methyl/N-ethyl adjacent to an activating group) is 1. The van der Waals surface area contributed by atoms with Crippen molar-refractivity contribution in [3.05, 3.63) is 34.4 Å². The van der Waals surface area contributed by atoms with Gasteiger partial charge in [-0.2, -0.15) is 0 Å². The molecule has 2 aliphatic rings. The monoisotopic (exact) mass is 303 g/mol. The summed E-state index contributed by atoms with van der Waals surface area (Å²) >= 11 is 0. The van der Waals surface area contributed by atoms with Crippen molar-refractivity contribution in [1.29, 1.82) is 0 Å². The number of hydrogen-bond acceptors (Lipinski definition) is 4. The quantitative estimate of drug-likeness (QED) is 0.795. The second kappa shape index (κ2) is 4.98. The minimum Gasteiger partial charge on any atom is -0.487 e. The summed E-state index contributed by atoms with van der Waals surface area (Å²) < 4.78 is 22.5. The van der Waals surface area contributed by atoms with Gasteiger partial charge in [0, 0.05) is 38.4 Å². The number of ether oxygens (including phenoxy) is 1. The summed E-state index contributed by atoms with van der Waals surface area (Å²) in [6.45, 7) is 4.46. The Bertz CT molecular complexity index is 794. The smallest absolute Gasteiger partial charge is 0.189 e. The lowest BCUT2D eigenvalue weighted by Crippen LogP contribution is -2.45. The zero-order chi connectivity index (χ0) is 15.3. The first-order valence-electron chi connectivity index (χ1n) is 7.57. The summed E-state index contributed by atoms with van der Waals surface area (Å²) in [6.07, 6.45) is 1.77. The van der Waals surface area contributed by atoms with Crippen LogP contribution in [0.2, 0.25) is 0 Å². The van der Waals surface area contributed by atoms with E-state index in [9.17, 15) is 9.18 Å². The molecule has 2 aliphatic heterocycles. The van der Waals surface area contributed by atoms with Crippen molar-refractivity contribution in [2.45, 2.75) is 6.54 Å². The van der Waals surface area contributed by atoms with Gasteiger partial charge < -0.3 is 19.1 Å². The fourth-order valence-corrected chi connectivity index (χ4v) is 3.30. The van der Waals surface area contributed by atoms with Crippen LogP contribution in [-0.4, -0.2) is 49.3 Å². The molecule has 0 atom stereocenters. The van der Waals surface area contributed by atoms with E-state index in [1.54, 1.807) is 6.20 Å². The van der Waals surface area contributed by atoms with Crippen molar-refractivity contribution in [2.75, 3.05) is 44.7 Å². The third kappa shape index (κ3) is 1.98. The summed E-state index contributed by atoms with van der Waals surface area (Å²) in [5.41, 5.74) is 1.05. The van der Waals surface area contributed by atoms with Crippen molar-refractivity contribution in [3.8, 4) is 5.75 Å². The number of hydrogen-bond donors (Lipinski definition) is 0. The fraction of sp³-hybridized carbons (Fsp3) is 0.438. The van der Waals surface area contributed by atoms with Crippen LogP contribution < -0.4 is 15.1 Å². The minimum absolute atomic E-state index is 0.165. The van der Waals surface area contributed by atoms with E-state index in [1.807, 2.05) is 9.47 Å². The average Bonchev–Trinajstić information content (AvgIpc) is 2.52. The van der Waals surface area contributed by atoms with Gasteiger partial charge in [0.25, 0.3) is 0 Å². The van der Waals surface area contributed by atoms with E-state index in [-0.39, 0.29) is 11.2 Å². The molecule has 116 valence electrons. The molecule has 0 amide bonds. The Hall–Kier alpha value is -2.08. The largest absolute Gasteiger partial charge is 0.487 e. The van der Waals surface area contributed by atoms with Crippen molar-refractivity contribution in [1.82, 2.24) is 9.47 Å². The Morgan fingerprint density at radius 2 is 1.95 bits per heavy atom. The normalized spacial score (nSPS) is 18.5. The van der Waals surface area contributed by atoms with Crippen LogP contribution >= 0.6 is 0 Å². The van der Waals surface area contributed by atoms with Crippen LogP contribution in [0.1, 0.15) is 0 Å². The van der Waals surface area contributed by atoms with Crippen molar-refractivity contribution in [2.24, 2.45) is 0 Å². The van der Waals surface area contributed by atoms with Crippen LogP contribution in [0, 0.1) is 5.82 Å². The average molecular weight is 303 g/mol. The predicted molar refractivity (Wildman–Crippen MR) is 83.4 cm³/mol. The van der Waals surface area contributed by atoms with Crippen LogP contribution in [0.4, 0.5) is 10.1 Å². The third-order valence-electron chi connectivity index (χ3n) is 4.54. The first-order chi connectivity index (χ1) is 10.6. The van der Waals surface area contributed by atoms with E-state index < -0.39 is 0 Å². The van der Waals surface area contributed by atoms with Gasteiger partial charge in [-0.1, -0.05) is 0 Å². The molecular formula is C16H18FN3O2. The summed E-state index contributed by atoms with van der Waals surface area (Å²) in [7, 11) is 2.06. The lowest BCUT2D eigenvalue weighted by atomic mass is 10.1. The van der Waals surface area contributed by atoms with Gasteiger partial charge in [-0.3, -0.25) is 4.79 Å². The van der Waals surface area contributed by atoms with Gasteiger partial charge in [-0.05, 0) is 13.1 Å². The summed E-state index contributed by atoms with van der Waals surface area (Å²) in [4.78, 5) is 16.3. The highest BCUT2D eigenvalue weighted by Crippen LogP contribution is 2.39. The lowest BCUT2D eigenvalue weighted by Gasteiger charge is -2.36. The Labute approximate surface area is 127 Å². The maximum Gasteiger partial charge on any atom is 0.189 e. The van der Waals surface area contributed by atoms with Crippen LogP contribution in [-0.2, 0) is 6.54 Å². The fourth-order valence-electron chi connectivity index (χ4n) is 3.30. The Balaban J connectivity index is 1.94. The van der Waals surface area contributed by atoms with Gasteiger partial charge in [0.15, 0.2) is 17.0 Å². The number of rotatable bonds is 1. The van der Waals surface area contributed by atoms with Crippen LogP contribution in [0.5, 0.6) is 5.75 Å². The van der Waals surface area contributed by atoms with Crippen molar-refractivity contribution < 1.29 is 9.13 Å². The van der Waals surface area contributed by atoms with E-state index in [0.717, 1.165) is 26.2 Å². The van der Waals surface area contributed by atoms with E-state index >= 15 is 0 Å². The lowest BCUT2D eigenvalue weighted by molar-refractivity contribution is 0.280. The van der Waals surface area contributed by atoms with E-state index in [4.69, 9.17) is 4.74 Å². The molecule has 2 aromatic rings. The molecule has 1 saturated heterocycles. The molecule has 5 nitrogen and oxygen atoms in total. The van der Waals surface area contributed by atoms with Gasteiger partial charge in [-0.15, -0.1) is 0 Å². The van der Waals surface area contributed by atoms with Gasteiger partial charge >= 0.3 is 0 Å². The Morgan fingerprint density at radius 1 is 1.18 bits per heavy atom. The molecule has 1 fully saturated rings. The van der Waals surface area contributed by atoms with E-state index in [0.29, 0.717) is 35.5 Å². The second-order valence-electron chi connectivity index (χ2n) is 5.94. The molecule has 0 radical (unpaired) electrons. The first-order valence-corrected chi connectivity index (χ1v) is 7.57. The third-order valence-corrected chi connectivity index (χ3v) is 4.54. The molecule has 0 spiro atoms. The number of benzene rings is 1. The molecular weight excluding hydrogens is 285 g/mol. The second-order valence-corrected chi connectivity index (χ2v) is 5.94. The molecule has 0 unspecified atom stereocenters. The molecule has 22 heavy (non-hydrogen) atoms. The molecule has 0 bridgehead atoms. The number of halogens is 1. The molecule has 4 rings (SSSR count). The Kier molecular flexibility index (Phi) is 3.07. The molecule has 6 heteroatoms. The zero-order valence-corrected chi connectivity index (χ0v) is 12.5. The first kappa shape index (κ1) is 13.6. The van der Waals surface area contributed by atoms with E-state index in [1.165, 1.54) is 12.1 Å². The molecule has 0 N–H and O–H groups in total. The maximum atomic E-state index is 14.7. The maximum absolute atomic E-state index is 14.7. The SMILES string of the molecule is CN1CCN(c2c(F)cc3c(=O)ccn4c3c2OCC4)CC1. The Morgan fingerprint density at radius 3 is 2.73 bits per heavy atom. The van der Waals surface area contributed by atoms with Gasteiger partial charge in [-0.25, -0.2) is 4.39 Å². The molecule has 1 aromatic carbocycles. The van der Waals surface area contributed by atoms with Gasteiger partial charge in [0.1, 0.15) is 12.3 Å². The van der Waals surface area contributed by atoms with E-state index in [2.05, 4.69) is 11.9 Å². The van der Waals surface area contributed by atoms with Gasteiger partial charge in [0.05, 0.1) is 17.4 Å². The zero-order valence-electron chi connectivity index (χ0n) is 12.5. The number of piperazine rings is 1. The van der Waals surface area contributed by atoms with Crippen molar-refractivity contribution >= 4 is 16.6 Å². The van der Waals surface area contributed by atoms with Crippen molar-refractivity contribution in [3.63, 3.8) is 0 Å². The topological polar surface area (TPSA) is 37.7 Å². The molecule has 0 aliphatic carbocycles. The van der Waals surface area contributed by atoms with Gasteiger partial charge in [0.2, 0.25) is 0 Å². The predicted octanol–water partition coefficient (Wildman–Crippen LogP) is 1.28. The molecule has 3 heterocycles. The number of nitrogens with zero attached hydrogens (tertiary/aromatic N) is 3. The van der Waals surface area contributed by atoms with Crippen LogP contribution in [0.25, 0.3) is 10.9 Å². The molecule has 0 saturated carbocycles. The highest BCUT2D eigenvalue weighted by atomic mass is 19.1. The van der Waals surface area contributed by atoms with Crippen LogP contribution in [0.15, 0.2) is 23.1 Å². The number of pyridine rings is 1. The minimum atomic E-state index is -0.371. The number of anilines is 1. The summed E-state index contributed by atoms with van der Waals surface area (Å²) in [6, 6.07) is 2.85. The number of aromatic nitrogens is 1.